The summed E-state index contributed by atoms with van der Waals surface area (Å²) in [7, 11) is 0. The average molecular weight is 691 g/mol. The van der Waals surface area contributed by atoms with Crippen molar-refractivity contribution in [2.45, 2.75) is 57.6 Å². The second-order valence-corrected chi connectivity index (χ2v) is 13.8. The summed E-state index contributed by atoms with van der Waals surface area (Å²) in [5, 5.41) is 15.0. The molecule has 2 saturated heterocycles. The minimum Gasteiger partial charge on any atom is -0.453 e. The van der Waals surface area contributed by atoms with Gasteiger partial charge in [0.2, 0.25) is 11.8 Å². The van der Waals surface area contributed by atoms with Crippen molar-refractivity contribution in [3.05, 3.63) is 69.9 Å². The van der Waals surface area contributed by atoms with Crippen LogP contribution in [0.25, 0.3) is 0 Å². The van der Waals surface area contributed by atoms with Gasteiger partial charge in [-0.25, -0.2) is 9.69 Å². The van der Waals surface area contributed by atoms with E-state index in [4.69, 9.17) is 30.1 Å². The second-order valence-electron chi connectivity index (χ2n) is 12.9. The number of amides is 4. The van der Waals surface area contributed by atoms with Crippen LogP contribution in [0, 0.1) is 5.41 Å². The van der Waals surface area contributed by atoms with Gasteiger partial charge in [0.05, 0.1) is 37.2 Å². The zero-order valence-electron chi connectivity index (χ0n) is 27.5. The van der Waals surface area contributed by atoms with Gasteiger partial charge in [0.1, 0.15) is 11.4 Å². The standard InChI is InChI=1S/C34H38N6O8S/c1-19(26-16-21(18-49-26)29(35)36)38-31(43)28-34(45-13-14-46-34)11-12-39(28)27(41)17-37-30(42)20-9-10-23-25(15-20)47-24-8-6-5-7-22(24)40(23)32(44)48-33(2,3)4/h5-10,15-16,18-19,28H,11-14,17H2,1-4H3,(H3,35,36)(H,37,42)(H,38,43)/t19-,28-/m1/s1. The lowest BCUT2D eigenvalue weighted by Gasteiger charge is -2.33. The lowest BCUT2D eigenvalue weighted by atomic mass is 10.1. The number of thiophene rings is 1. The van der Waals surface area contributed by atoms with E-state index in [1.165, 1.54) is 33.3 Å². The Kier molecular flexibility index (Phi) is 9.09. The normalized spacial score (nSPS) is 18.2. The fraction of sp³-hybridized carbons (Fsp3) is 0.382. The van der Waals surface area contributed by atoms with Crippen LogP contribution in [0.4, 0.5) is 16.2 Å². The van der Waals surface area contributed by atoms with Gasteiger partial charge in [0.15, 0.2) is 23.3 Å². The van der Waals surface area contributed by atoms with Gasteiger partial charge in [-0.15, -0.1) is 11.3 Å². The highest BCUT2D eigenvalue weighted by Crippen LogP contribution is 2.47. The van der Waals surface area contributed by atoms with Crippen molar-refractivity contribution in [3.8, 4) is 11.5 Å². The molecule has 3 aromatic rings. The summed E-state index contributed by atoms with van der Waals surface area (Å²) >= 11 is 1.36. The molecule has 5 N–H and O–H groups in total. The molecule has 3 aliphatic heterocycles. The molecular formula is C34H38N6O8S. The topological polar surface area (TPSA) is 186 Å². The number of hydrogen-bond donors (Lipinski definition) is 4. The Hall–Kier alpha value is -4.99. The second kappa shape index (κ2) is 13.1. The number of rotatable bonds is 7. The molecule has 4 amide bonds. The molecule has 3 aliphatic rings. The molecule has 15 heteroatoms. The number of likely N-dealkylation sites (tertiary alicyclic amines) is 1. The van der Waals surface area contributed by atoms with Crippen LogP contribution in [0.5, 0.6) is 11.5 Å². The number of amidine groups is 1. The quantitative estimate of drug-likeness (QED) is 0.209. The number of nitrogens with one attached hydrogen (secondary N) is 3. The molecule has 1 aromatic heterocycles. The number of carbonyl (C=O) groups is 4. The Balaban J connectivity index is 1.16. The van der Waals surface area contributed by atoms with Gasteiger partial charge in [0, 0.05) is 34.3 Å². The summed E-state index contributed by atoms with van der Waals surface area (Å²) in [6, 6.07) is 11.8. The Morgan fingerprint density at radius 2 is 1.78 bits per heavy atom. The Morgan fingerprint density at radius 3 is 2.47 bits per heavy atom. The molecule has 0 saturated carbocycles. The average Bonchev–Trinajstić information content (AvgIpc) is 3.82. The van der Waals surface area contributed by atoms with Crippen molar-refractivity contribution >= 4 is 52.4 Å². The third kappa shape index (κ3) is 6.82. The first-order valence-corrected chi connectivity index (χ1v) is 16.7. The van der Waals surface area contributed by atoms with E-state index >= 15 is 0 Å². The summed E-state index contributed by atoms with van der Waals surface area (Å²) in [4.78, 5) is 57.4. The largest absolute Gasteiger partial charge is 0.453 e. The molecular weight excluding hydrogens is 652 g/mol. The van der Waals surface area contributed by atoms with Crippen molar-refractivity contribution in [2.24, 2.45) is 5.73 Å². The van der Waals surface area contributed by atoms with E-state index in [9.17, 15) is 19.2 Å². The van der Waals surface area contributed by atoms with Crippen molar-refractivity contribution in [2.75, 3.05) is 31.2 Å². The maximum atomic E-state index is 13.7. The van der Waals surface area contributed by atoms with Gasteiger partial charge >= 0.3 is 6.09 Å². The molecule has 2 aromatic carbocycles. The van der Waals surface area contributed by atoms with E-state index in [0.717, 1.165) is 4.88 Å². The number of nitrogen functional groups attached to an aromatic ring is 1. The van der Waals surface area contributed by atoms with E-state index in [0.29, 0.717) is 22.7 Å². The van der Waals surface area contributed by atoms with Gasteiger partial charge in [-0.1, -0.05) is 12.1 Å². The Bertz CT molecular complexity index is 1810. The fourth-order valence-electron chi connectivity index (χ4n) is 6.01. The van der Waals surface area contributed by atoms with Crippen LogP contribution in [0.1, 0.15) is 61.0 Å². The molecule has 258 valence electrons. The number of nitrogens with zero attached hydrogens (tertiary/aromatic N) is 2. The van der Waals surface area contributed by atoms with Gasteiger partial charge < -0.3 is 40.2 Å². The highest BCUT2D eigenvalue weighted by molar-refractivity contribution is 7.10. The van der Waals surface area contributed by atoms with Crippen LogP contribution in [-0.4, -0.2) is 78.3 Å². The minimum atomic E-state index is -1.30. The number of carbonyl (C=O) groups excluding carboxylic acids is 4. The molecule has 2 fully saturated rings. The molecule has 14 nitrogen and oxygen atoms in total. The van der Waals surface area contributed by atoms with Crippen molar-refractivity contribution in [3.63, 3.8) is 0 Å². The summed E-state index contributed by atoms with van der Waals surface area (Å²) in [6.07, 6.45) is -0.320. The SMILES string of the molecule is C[C@@H](NC(=O)[C@H]1N(C(=O)CNC(=O)c2ccc3c(c2)Oc2ccccc2N3C(=O)OC(C)(C)C)CCC12OCCO2)c1cc(C(=N)N)cs1. The monoisotopic (exact) mass is 690 g/mol. The molecule has 0 bridgehead atoms. The molecule has 4 heterocycles. The number of nitrogens with two attached hydrogens (primary N) is 1. The van der Waals surface area contributed by atoms with Gasteiger partial charge in [-0.05, 0) is 64.1 Å². The van der Waals surface area contributed by atoms with Gasteiger partial charge in [-0.2, -0.15) is 0 Å². The third-order valence-corrected chi connectivity index (χ3v) is 9.37. The number of para-hydroxylation sites is 2. The number of hydrogen-bond acceptors (Lipinski definition) is 10. The number of ether oxygens (including phenoxy) is 4. The van der Waals surface area contributed by atoms with Crippen molar-refractivity contribution in [1.29, 1.82) is 5.41 Å². The van der Waals surface area contributed by atoms with Crippen LogP contribution in [0.2, 0.25) is 0 Å². The third-order valence-electron chi connectivity index (χ3n) is 8.26. The van der Waals surface area contributed by atoms with E-state index in [-0.39, 0.29) is 43.3 Å². The molecule has 2 atom stereocenters. The molecule has 0 radical (unpaired) electrons. The predicted molar refractivity (Wildman–Crippen MR) is 180 cm³/mol. The molecule has 1 spiro atoms. The fourth-order valence-corrected chi connectivity index (χ4v) is 6.92. The van der Waals surface area contributed by atoms with E-state index in [2.05, 4.69) is 10.6 Å². The first kappa shape index (κ1) is 33.9. The number of fused-ring (bicyclic) bond motifs is 2. The number of anilines is 2. The highest BCUT2D eigenvalue weighted by Gasteiger charge is 2.57. The van der Waals surface area contributed by atoms with Crippen LogP contribution in [0.3, 0.4) is 0 Å². The van der Waals surface area contributed by atoms with Crippen LogP contribution < -0.4 is 26.0 Å². The summed E-state index contributed by atoms with van der Waals surface area (Å²) in [6.45, 7) is 7.46. The lowest BCUT2D eigenvalue weighted by molar-refractivity contribution is -0.183. The molecule has 0 unspecified atom stereocenters. The van der Waals surface area contributed by atoms with Crippen LogP contribution in [0.15, 0.2) is 53.9 Å². The lowest BCUT2D eigenvalue weighted by Crippen LogP contribution is -2.57. The van der Waals surface area contributed by atoms with Gasteiger partial charge in [0.25, 0.3) is 5.91 Å². The molecule has 0 aliphatic carbocycles. The maximum Gasteiger partial charge on any atom is 0.419 e. The van der Waals surface area contributed by atoms with Crippen molar-refractivity contribution < 1.29 is 38.1 Å². The highest BCUT2D eigenvalue weighted by atomic mass is 32.1. The maximum absolute atomic E-state index is 13.7. The summed E-state index contributed by atoms with van der Waals surface area (Å²) in [5.74, 6) is -2.22. The minimum absolute atomic E-state index is 0.0710. The zero-order valence-corrected chi connectivity index (χ0v) is 28.3. The van der Waals surface area contributed by atoms with E-state index in [1.54, 1.807) is 69.5 Å². The Morgan fingerprint density at radius 1 is 1.06 bits per heavy atom. The first-order chi connectivity index (χ1) is 23.3. The van der Waals surface area contributed by atoms with Gasteiger partial charge in [-0.3, -0.25) is 19.8 Å². The van der Waals surface area contributed by atoms with Crippen LogP contribution >= 0.6 is 11.3 Å². The summed E-state index contributed by atoms with van der Waals surface area (Å²) in [5.41, 5.74) is 6.49. The smallest absolute Gasteiger partial charge is 0.419 e. The molecule has 6 rings (SSSR count). The van der Waals surface area contributed by atoms with Crippen molar-refractivity contribution in [1.82, 2.24) is 15.5 Å². The Labute approximate surface area is 286 Å². The zero-order chi connectivity index (χ0) is 35.1. The molecule has 49 heavy (non-hydrogen) atoms. The van der Waals surface area contributed by atoms with Crippen LogP contribution in [-0.2, 0) is 23.8 Å². The number of benzene rings is 2. The first-order valence-electron chi connectivity index (χ1n) is 15.8. The van der Waals surface area contributed by atoms with E-state index in [1.807, 2.05) is 0 Å². The summed E-state index contributed by atoms with van der Waals surface area (Å²) < 4.78 is 23.5. The predicted octanol–water partition coefficient (Wildman–Crippen LogP) is 4.16. The van der Waals surface area contributed by atoms with E-state index < -0.39 is 53.8 Å².